The van der Waals surface area contributed by atoms with Gasteiger partial charge in [0.05, 0.1) is 6.54 Å². The number of fused-ring (bicyclic) bond motifs is 4. The SMILES string of the molecule is C=Cc1c(C=C)c2cccc(-c3cc(C(=NCc4ccccc4)N=C(N=C)c4ccccc4)cc(-c4ccc5ccccc5c4)c3)c2c2ccccc12. The van der Waals surface area contributed by atoms with E-state index in [0.29, 0.717) is 18.2 Å². The Kier molecular flexibility index (Phi) is 9.21. The maximum Gasteiger partial charge on any atom is 0.161 e. The van der Waals surface area contributed by atoms with Crippen molar-refractivity contribution in [1.82, 2.24) is 0 Å². The second-order valence-corrected chi connectivity index (χ2v) is 13.0. The summed E-state index contributed by atoms with van der Waals surface area (Å²) in [5.41, 5.74) is 9.33. The Labute approximate surface area is 310 Å². The van der Waals surface area contributed by atoms with E-state index in [1.54, 1.807) is 0 Å². The maximum absolute atomic E-state index is 5.18. The zero-order chi connectivity index (χ0) is 36.1. The van der Waals surface area contributed by atoms with E-state index in [0.717, 1.165) is 71.6 Å². The third-order valence-corrected chi connectivity index (χ3v) is 9.77. The smallest absolute Gasteiger partial charge is 0.161 e. The molecule has 252 valence electrons. The minimum atomic E-state index is 0.459. The molecular weight excluding hydrogens is 643 g/mol. The lowest BCUT2D eigenvalue weighted by atomic mass is 9.86. The molecule has 0 amide bonds. The predicted octanol–water partition coefficient (Wildman–Crippen LogP) is 12.9. The van der Waals surface area contributed by atoms with Gasteiger partial charge in [0.1, 0.15) is 0 Å². The first kappa shape index (κ1) is 33.2. The molecule has 0 fully saturated rings. The standard InChI is InChI=1S/C50H37N3/c1-4-42-43(5-2)46-26-16-25-44(48(46)47-24-15-14-23-45(42)47)40-30-39(38-28-27-35-19-12-13-22-37(35)29-38)31-41(32-40)50(52-33-34-17-8-6-9-18-34)53-49(51-3)36-20-10-7-11-21-36/h4-32H,1-3,33H2. The quantitative estimate of drug-likeness (QED) is 0.0871. The zero-order valence-electron chi connectivity index (χ0n) is 29.4. The van der Waals surface area contributed by atoms with Crippen molar-refractivity contribution in [2.24, 2.45) is 15.0 Å². The van der Waals surface area contributed by atoms with E-state index in [1.165, 1.54) is 10.8 Å². The number of benzene rings is 8. The summed E-state index contributed by atoms with van der Waals surface area (Å²) in [6, 6.07) is 57.1. The number of hydrogen-bond donors (Lipinski definition) is 0. The van der Waals surface area contributed by atoms with E-state index < -0.39 is 0 Å². The Morgan fingerprint density at radius 3 is 1.89 bits per heavy atom. The molecule has 0 saturated heterocycles. The molecule has 0 radical (unpaired) electrons. The molecule has 0 atom stereocenters. The lowest BCUT2D eigenvalue weighted by Gasteiger charge is -2.18. The van der Waals surface area contributed by atoms with Gasteiger partial charge in [0.15, 0.2) is 11.7 Å². The highest BCUT2D eigenvalue weighted by molar-refractivity contribution is 6.20. The minimum Gasteiger partial charge on any atom is -0.261 e. The number of amidine groups is 2. The summed E-state index contributed by atoms with van der Waals surface area (Å²) in [6.45, 7) is 12.8. The Morgan fingerprint density at radius 2 is 1.13 bits per heavy atom. The van der Waals surface area contributed by atoms with Gasteiger partial charge in [0.2, 0.25) is 0 Å². The van der Waals surface area contributed by atoms with Crippen LogP contribution in [-0.4, -0.2) is 18.4 Å². The van der Waals surface area contributed by atoms with Crippen LogP contribution >= 0.6 is 0 Å². The van der Waals surface area contributed by atoms with Gasteiger partial charge in [-0.2, -0.15) is 0 Å². The van der Waals surface area contributed by atoms with Gasteiger partial charge in [-0.1, -0.05) is 165 Å². The Balaban J connectivity index is 1.43. The van der Waals surface area contributed by atoms with Crippen molar-refractivity contribution < 1.29 is 0 Å². The molecular formula is C50H37N3. The van der Waals surface area contributed by atoms with Gasteiger partial charge in [0.25, 0.3) is 0 Å². The predicted molar refractivity (Wildman–Crippen MR) is 229 cm³/mol. The van der Waals surface area contributed by atoms with Crippen LogP contribution in [0.3, 0.4) is 0 Å². The molecule has 0 bridgehead atoms. The van der Waals surface area contributed by atoms with Crippen LogP contribution in [0.15, 0.2) is 192 Å². The number of nitrogens with zero attached hydrogens (tertiary/aromatic N) is 3. The van der Waals surface area contributed by atoms with Crippen LogP contribution in [0.25, 0.3) is 66.7 Å². The molecule has 53 heavy (non-hydrogen) atoms. The van der Waals surface area contributed by atoms with Crippen LogP contribution in [0, 0.1) is 0 Å². The summed E-state index contributed by atoms with van der Waals surface area (Å²) >= 11 is 0. The third kappa shape index (κ3) is 6.53. The molecule has 0 aromatic heterocycles. The van der Waals surface area contributed by atoms with E-state index in [1.807, 2.05) is 60.7 Å². The Morgan fingerprint density at radius 1 is 0.491 bits per heavy atom. The van der Waals surface area contributed by atoms with Crippen molar-refractivity contribution in [2.75, 3.05) is 0 Å². The zero-order valence-corrected chi connectivity index (χ0v) is 29.4. The van der Waals surface area contributed by atoms with Crippen LogP contribution in [-0.2, 0) is 6.54 Å². The fourth-order valence-electron chi connectivity index (χ4n) is 7.24. The molecule has 0 spiro atoms. The van der Waals surface area contributed by atoms with Gasteiger partial charge in [-0.05, 0) is 102 Å². The van der Waals surface area contributed by atoms with E-state index in [-0.39, 0.29) is 0 Å². The largest absolute Gasteiger partial charge is 0.261 e. The highest BCUT2D eigenvalue weighted by Gasteiger charge is 2.17. The van der Waals surface area contributed by atoms with Gasteiger partial charge < -0.3 is 0 Å². The second-order valence-electron chi connectivity index (χ2n) is 13.0. The average molecular weight is 680 g/mol. The Hall–Kier alpha value is -6.97. The lowest BCUT2D eigenvalue weighted by molar-refractivity contribution is 1.06. The molecule has 0 unspecified atom stereocenters. The van der Waals surface area contributed by atoms with Crippen molar-refractivity contribution in [3.8, 4) is 22.3 Å². The van der Waals surface area contributed by atoms with E-state index in [4.69, 9.17) is 9.98 Å². The summed E-state index contributed by atoms with van der Waals surface area (Å²) in [4.78, 5) is 14.7. The molecule has 8 aromatic carbocycles. The van der Waals surface area contributed by atoms with E-state index in [2.05, 4.69) is 140 Å². The third-order valence-electron chi connectivity index (χ3n) is 9.77. The van der Waals surface area contributed by atoms with Crippen LogP contribution in [0.1, 0.15) is 27.8 Å². The molecule has 0 heterocycles. The monoisotopic (exact) mass is 679 g/mol. The number of aliphatic imine (C=N–C) groups is 3. The summed E-state index contributed by atoms with van der Waals surface area (Å²) in [7, 11) is 0. The Bertz CT molecular complexity index is 2740. The van der Waals surface area contributed by atoms with Crippen LogP contribution in [0.5, 0.6) is 0 Å². The summed E-state index contributed by atoms with van der Waals surface area (Å²) in [5.74, 6) is 1.09. The molecule has 3 nitrogen and oxygen atoms in total. The first-order chi connectivity index (χ1) is 26.1. The fraction of sp³-hybridized carbons (Fsp3) is 0.0200. The number of rotatable bonds is 8. The summed E-state index contributed by atoms with van der Waals surface area (Å²) in [5, 5.41) is 6.97. The highest BCUT2D eigenvalue weighted by atomic mass is 15.0. The molecule has 0 aliphatic rings. The lowest BCUT2D eigenvalue weighted by Crippen LogP contribution is -2.06. The highest BCUT2D eigenvalue weighted by Crippen LogP contribution is 2.41. The molecule has 0 N–H and O–H groups in total. The van der Waals surface area contributed by atoms with Crippen molar-refractivity contribution in [2.45, 2.75) is 6.54 Å². The van der Waals surface area contributed by atoms with Crippen molar-refractivity contribution in [1.29, 1.82) is 0 Å². The van der Waals surface area contributed by atoms with Crippen LogP contribution in [0.4, 0.5) is 0 Å². The van der Waals surface area contributed by atoms with Gasteiger partial charge in [0, 0.05) is 11.1 Å². The molecule has 0 aliphatic heterocycles. The average Bonchev–Trinajstić information content (AvgIpc) is 3.23. The van der Waals surface area contributed by atoms with Gasteiger partial charge in [-0.3, -0.25) is 4.99 Å². The van der Waals surface area contributed by atoms with Crippen LogP contribution in [0.2, 0.25) is 0 Å². The molecule has 8 rings (SSSR count). The van der Waals surface area contributed by atoms with Crippen molar-refractivity contribution in [3.05, 3.63) is 205 Å². The van der Waals surface area contributed by atoms with Crippen molar-refractivity contribution >= 4 is 62.9 Å². The van der Waals surface area contributed by atoms with E-state index in [9.17, 15) is 0 Å². The fourth-order valence-corrected chi connectivity index (χ4v) is 7.24. The van der Waals surface area contributed by atoms with Crippen LogP contribution < -0.4 is 0 Å². The number of hydrogen-bond acceptors (Lipinski definition) is 1. The molecule has 8 aromatic rings. The summed E-state index contributed by atoms with van der Waals surface area (Å²) < 4.78 is 0. The maximum atomic E-state index is 5.18. The first-order valence-corrected chi connectivity index (χ1v) is 17.7. The van der Waals surface area contributed by atoms with Gasteiger partial charge >= 0.3 is 0 Å². The molecule has 3 heteroatoms. The van der Waals surface area contributed by atoms with Gasteiger partial charge in [-0.15, -0.1) is 0 Å². The summed E-state index contributed by atoms with van der Waals surface area (Å²) in [6.07, 6.45) is 3.89. The van der Waals surface area contributed by atoms with E-state index >= 15 is 0 Å². The molecule has 0 aliphatic carbocycles. The topological polar surface area (TPSA) is 37.1 Å². The first-order valence-electron chi connectivity index (χ1n) is 17.7. The van der Waals surface area contributed by atoms with Crippen molar-refractivity contribution in [3.63, 3.8) is 0 Å². The molecule has 0 saturated carbocycles. The second kappa shape index (κ2) is 14.7. The minimum absolute atomic E-state index is 0.459. The van der Waals surface area contributed by atoms with Gasteiger partial charge in [-0.25, -0.2) is 9.98 Å². The normalized spacial score (nSPS) is 11.9.